The topological polar surface area (TPSA) is 249 Å². The van der Waals surface area contributed by atoms with E-state index >= 15 is 0 Å². The number of likely N-dealkylation sites (tertiary alicyclic amines) is 1. The van der Waals surface area contributed by atoms with Gasteiger partial charge in [-0.15, -0.1) is 0 Å². The number of rotatable bonds is 15. The lowest BCUT2D eigenvalue weighted by Crippen LogP contribution is -2.57. The lowest BCUT2D eigenvalue weighted by molar-refractivity contribution is -0.149. The van der Waals surface area contributed by atoms with Gasteiger partial charge in [-0.1, -0.05) is 20.3 Å². The number of guanidine groups is 1. The van der Waals surface area contributed by atoms with Crippen molar-refractivity contribution < 1.29 is 29.1 Å². The van der Waals surface area contributed by atoms with E-state index in [1.165, 1.54) is 4.90 Å². The molecule has 36 heavy (non-hydrogen) atoms. The largest absolute Gasteiger partial charge is 0.480 e. The summed E-state index contributed by atoms with van der Waals surface area (Å²) in [5, 5.41) is 14.6. The van der Waals surface area contributed by atoms with Crippen molar-refractivity contribution in [1.29, 1.82) is 0 Å². The molecule has 1 aliphatic heterocycles. The standard InChI is InChI=1S/C22H40N8O6/c1-3-12(2)17(24)19(33)28-13(6-4-10-27-22(25)26)18(32)29-14(8-9-16(23)31)20(34)30-11-5-7-15(30)21(35)36/h12-15,17H,3-11,24H2,1-2H3,(H2,23,31)(H,28,33)(H,29,32)(H,35,36)(H4,25,26,27). The second kappa shape index (κ2) is 14.9. The number of aliphatic imine (C=N–C) groups is 1. The molecule has 0 radical (unpaired) electrons. The first kappa shape index (κ1) is 30.6. The van der Waals surface area contributed by atoms with Crippen LogP contribution in [0.1, 0.15) is 58.8 Å². The van der Waals surface area contributed by atoms with Gasteiger partial charge >= 0.3 is 5.97 Å². The maximum atomic E-state index is 13.2. The molecule has 11 N–H and O–H groups in total. The molecule has 4 amide bonds. The van der Waals surface area contributed by atoms with Gasteiger partial charge in [0.05, 0.1) is 6.04 Å². The number of carboxylic acid groups (broad SMARTS) is 1. The Hall–Kier alpha value is -3.42. The number of nitrogens with two attached hydrogens (primary N) is 4. The zero-order valence-electron chi connectivity index (χ0n) is 20.9. The van der Waals surface area contributed by atoms with Crippen LogP contribution in [-0.4, -0.2) is 82.8 Å². The van der Waals surface area contributed by atoms with E-state index < -0.39 is 53.8 Å². The number of hydrogen-bond donors (Lipinski definition) is 7. The van der Waals surface area contributed by atoms with E-state index in [-0.39, 0.29) is 50.7 Å². The summed E-state index contributed by atoms with van der Waals surface area (Å²) < 4.78 is 0. The first-order chi connectivity index (χ1) is 16.9. The van der Waals surface area contributed by atoms with E-state index in [2.05, 4.69) is 15.6 Å². The minimum atomic E-state index is -1.20. The summed E-state index contributed by atoms with van der Waals surface area (Å²) in [5.41, 5.74) is 21.9. The second-order valence-electron chi connectivity index (χ2n) is 9.02. The summed E-state index contributed by atoms with van der Waals surface area (Å²) in [5.74, 6) is -3.92. The van der Waals surface area contributed by atoms with Crippen molar-refractivity contribution in [1.82, 2.24) is 15.5 Å². The van der Waals surface area contributed by atoms with Crippen LogP contribution in [0.5, 0.6) is 0 Å². The second-order valence-corrected chi connectivity index (χ2v) is 9.02. The molecule has 0 aromatic heterocycles. The quantitative estimate of drug-likeness (QED) is 0.0708. The van der Waals surface area contributed by atoms with E-state index in [0.717, 1.165) is 0 Å². The Morgan fingerprint density at radius 3 is 2.25 bits per heavy atom. The SMILES string of the molecule is CCC(C)C(N)C(=O)NC(CCCN=C(N)N)C(=O)NC(CCC(N)=O)C(=O)N1CCCC1C(=O)O. The molecule has 0 aromatic carbocycles. The predicted octanol–water partition coefficient (Wildman–Crippen LogP) is -2.28. The Morgan fingerprint density at radius 1 is 1.06 bits per heavy atom. The fourth-order valence-corrected chi connectivity index (χ4v) is 3.86. The number of nitrogens with one attached hydrogen (secondary N) is 2. The van der Waals surface area contributed by atoms with Crippen LogP contribution < -0.4 is 33.6 Å². The third-order valence-corrected chi connectivity index (χ3v) is 6.25. The van der Waals surface area contributed by atoms with E-state index in [1.54, 1.807) is 0 Å². The molecule has 1 aliphatic rings. The number of amides is 4. The molecule has 1 saturated heterocycles. The van der Waals surface area contributed by atoms with Crippen molar-refractivity contribution in [2.24, 2.45) is 33.8 Å². The van der Waals surface area contributed by atoms with E-state index in [9.17, 15) is 29.1 Å². The average molecular weight is 513 g/mol. The van der Waals surface area contributed by atoms with Gasteiger partial charge in [0.2, 0.25) is 23.6 Å². The molecule has 5 atom stereocenters. The van der Waals surface area contributed by atoms with Gasteiger partial charge in [0, 0.05) is 19.5 Å². The first-order valence-corrected chi connectivity index (χ1v) is 12.1. The van der Waals surface area contributed by atoms with Gasteiger partial charge in [0.1, 0.15) is 18.1 Å². The number of carbonyl (C=O) groups is 5. The van der Waals surface area contributed by atoms with E-state index in [0.29, 0.717) is 19.3 Å². The Balaban J connectivity index is 3.07. The van der Waals surface area contributed by atoms with Gasteiger partial charge < -0.3 is 43.6 Å². The Kier molecular flexibility index (Phi) is 12.6. The van der Waals surface area contributed by atoms with Crippen molar-refractivity contribution in [3.8, 4) is 0 Å². The Labute approximate surface area is 210 Å². The molecule has 5 unspecified atom stereocenters. The van der Waals surface area contributed by atoms with Crippen LogP contribution >= 0.6 is 0 Å². The maximum absolute atomic E-state index is 13.2. The first-order valence-electron chi connectivity index (χ1n) is 12.1. The summed E-state index contributed by atoms with van der Waals surface area (Å²) in [6, 6.07) is -4.14. The normalized spacial score (nSPS) is 18.4. The zero-order valence-corrected chi connectivity index (χ0v) is 20.9. The van der Waals surface area contributed by atoms with Crippen molar-refractivity contribution in [2.75, 3.05) is 13.1 Å². The summed E-state index contributed by atoms with van der Waals surface area (Å²) in [4.78, 5) is 67.0. The van der Waals surface area contributed by atoms with Gasteiger partial charge in [-0.2, -0.15) is 0 Å². The van der Waals surface area contributed by atoms with Crippen LogP contribution in [0.4, 0.5) is 0 Å². The Bertz CT molecular complexity index is 831. The summed E-state index contributed by atoms with van der Waals surface area (Å²) in [6.07, 6.45) is 1.58. The van der Waals surface area contributed by atoms with Crippen LogP contribution in [0.3, 0.4) is 0 Å². The molecule has 14 heteroatoms. The fourth-order valence-electron chi connectivity index (χ4n) is 3.86. The molecule has 0 spiro atoms. The molecule has 204 valence electrons. The molecule has 0 aromatic rings. The third kappa shape index (κ3) is 9.68. The number of carbonyl (C=O) groups excluding carboxylic acids is 4. The number of hydrogen-bond acceptors (Lipinski definition) is 7. The smallest absolute Gasteiger partial charge is 0.326 e. The van der Waals surface area contributed by atoms with Gasteiger partial charge in [0.15, 0.2) is 5.96 Å². The molecule has 0 aliphatic carbocycles. The van der Waals surface area contributed by atoms with Gasteiger partial charge in [-0.05, 0) is 38.0 Å². The molecule has 1 rings (SSSR count). The monoisotopic (exact) mass is 512 g/mol. The Morgan fingerprint density at radius 2 is 1.69 bits per heavy atom. The van der Waals surface area contributed by atoms with Crippen LogP contribution in [-0.2, 0) is 24.0 Å². The molecule has 14 nitrogen and oxygen atoms in total. The van der Waals surface area contributed by atoms with Crippen LogP contribution in [0.2, 0.25) is 0 Å². The average Bonchev–Trinajstić information content (AvgIpc) is 3.32. The molecular weight excluding hydrogens is 472 g/mol. The highest BCUT2D eigenvalue weighted by Gasteiger charge is 2.38. The molecule has 1 heterocycles. The molecule has 1 fully saturated rings. The fraction of sp³-hybridized carbons (Fsp3) is 0.727. The molecular formula is C22H40N8O6. The minimum absolute atomic E-state index is 0.116. The van der Waals surface area contributed by atoms with Gasteiger partial charge in [0.25, 0.3) is 0 Å². The van der Waals surface area contributed by atoms with E-state index in [4.69, 9.17) is 22.9 Å². The van der Waals surface area contributed by atoms with Crippen LogP contribution in [0.15, 0.2) is 4.99 Å². The summed E-state index contributed by atoms with van der Waals surface area (Å²) in [7, 11) is 0. The summed E-state index contributed by atoms with van der Waals surface area (Å²) in [6.45, 7) is 4.11. The molecule has 0 saturated carbocycles. The predicted molar refractivity (Wildman–Crippen MR) is 132 cm³/mol. The minimum Gasteiger partial charge on any atom is -0.480 e. The summed E-state index contributed by atoms with van der Waals surface area (Å²) >= 11 is 0. The van der Waals surface area contributed by atoms with Crippen molar-refractivity contribution in [2.45, 2.75) is 83.0 Å². The highest BCUT2D eigenvalue weighted by molar-refractivity contribution is 5.94. The van der Waals surface area contributed by atoms with Crippen LogP contribution in [0, 0.1) is 5.92 Å². The lowest BCUT2D eigenvalue weighted by atomic mass is 9.98. The van der Waals surface area contributed by atoms with Crippen LogP contribution in [0.25, 0.3) is 0 Å². The van der Waals surface area contributed by atoms with Crippen molar-refractivity contribution in [3.63, 3.8) is 0 Å². The maximum Gasteiger partial charge on any atom is 0.326 e. The number of primary amides is 1. The van der Waals surface area contributed by atoms with Crippen molar-refractivity contribution >= 4 is 35.6 Å². The highest BCUT2D eigenvalue weighted by atomic mass is 16.4. The lowest BCUT2D eigenvalue weighted by Gasteiger charge is -2.29. The number of aliphatic carboxylic acids is 1. The third-order valence-electron chi connectivity index (χ3n) is 6.25. The zero-order chi connectivity index (χ0) is 27.4. The van der Waals surface area contributed by atoms with Crippen molar-refractivity contribution in [3.05, 3.63) is 0 Å². The molecule has 0 bridgehead atoms. The van der Waals surface area contributed by atoms with Gasteiger partial charge in [-0.3, -0.25) is 24.2 Å². The van der Waals surface area contributed by atoms with E-state index in [1.807, 2.05) is 13.8 Å². The number of nitrogens with zero attached hydrogens (tertiary/aromatic N) is 2. The number of carboxylic acids is 1. The van der Waals surface area contributed by atoms with Gasteiger partial charge in [-0.25, -0.2) is 4.79 Å². The highest BCUT2D eigenvalue weighted by Crippen LogP contribution is 2.20.